The second-order valence-electron chi connectivity index (χ2n) is 13.6. The van der Waals surface area contributed by atoms with Crippen LogP contribution in [0.4, 0.5) is 4.79 Å². The van der Waals surface area contributed by atoms with Gasteiger partial charge < -0.3 is 19.5 Å². The lowest BCUT2D eigenvalue weighted by atomic mass is 10.0. The minimum absolute atomic E-state index is 0.0389. The number of carbonyl (C=O) groups excluding carboxylic acids is 3. The predicted molar refractivity (Wildman–Crippen MR) is 197 cm³/mol. The van der Waals surface area contributed by atoms with E-state index in [1.165, 1.54) is 17.0 Å². The first-order chi connectivity index (χ1) is 24.8. The summed E-state index contributed by atoms with van der Waals surface area (Å²) in [6.07, 6.45) is -0.394. The van der Waals surface area contributed by atoms with E-state index in [4.69, 9.17) is 14.2 Å². The van der Waals surface area contributed by atoms with Crippen molar-refractivity contribution in [1.29, 1.82) is 0 Å². The van der Waals surface area contributed by atoms with Gasteiger partial charge in [0, 0.05) is 12.8 Å². The van der Waals surface area contributed by atoms with E-state index in [1.54, 1.807) is 63.2 Å². The van der Waals surface area contributed by atoms with E-state index < -0.39 is 51.7 Å². The highest BCUT2D eigenvalue weighted by Gasteiger charge is 2.43. The number of likely N-dealkylation sites (tertiary alicyclic amines) is 1. The first-order valence-electron chi connectivity index (χ1n) is 17.3. The predicted octanol–water partition coefficient (Wildman–Crippen LogP) is 6.13. The summed E-state index contributed by atoms with van der Waals surface area (Å²) in [5.74, 6) is -0.389. The molecular weight excluding hydrogens is 683 g/mol. The van der Waals surface area contributed by atoms with Gasteiger partial charge in [-0.1, -0.05) is 79.7 Å². The zero-order chi connectivity index (χ0) is 37.3. The molecule has 0 aromatic heterocycles. The molecule has 1 heterocycles. The molecule has 1 fully saturated rings. The Kier molecular flexibility index (Phi) is 12.2. The molecule has 12 heteroatoms. The lowest BCUT2D eigenvalue weighted by molar-refractivity contribution is -0.130. The maximum Gasteiger partial charge on any atom is 0.411 e. The summed E-state index contributed by atoms with van der Waals surface area (Å²) in [5, 5.41) is 2.74. The van der Waals surface area contributed by atoms with Gasteiger partial charge in [-0.25, -0.2) is 17.9 Å². The normalized spacial score (nSPS) is 16.4. The molecule has 1 aliphatic rings. The van der Waals surface area contributed by atoms with E-state index >= 15 is 0 Å². The molecule has 0 unspecified atom stereocenters. The van der Waals surface area contributed by atoms with Crippen molar-refractivity contribution < 1.29 is 37.0 Å². The van der Waals surface area contributed by atoms with Crippen molar-refractivity contribution in [2.45, 2.75) is 75.6 Å². The molecule has 5 rings (SSSR count). The maximum absolute atomic E-state index is 14.1. The highest BCUT2D eigenvalue weighted by Crippen LogP contribution is 2.28. The van der Waals surface area contributed by atoms with Crippen LogP contribution in [-0.4, -0.2) is 68.2 Å². The Morgan fingerprint density at radius 3 is 2.04 bits per heavy atom. The Bertz CT molecular complexity index is 1910. The van der Waals surface area contributed by atoms with Crippen molar-refractivity contribution in [3.63, 3.8) is 0 Å². The van der Waals surface area contributed by atoms with Crippen LogP contribution in [0.3, 0.4) is 0 Å². The summed E-state index contributed by atoms with van der Waals surface area (Å²) in [5.41, 5.74) is 1.87. The van der Waals surface area contributed by atoms with Gasteiger partial charge in [0.1, 0.15) is 35.3 Å². The van der Waals surface area contributed by atoms with Gasteiger partial charge in [-0.15, -0.1) is 0 Å². The van der Waals surface area contributed by atoms with Gasteiger partial charge in [-0.05, 0) is 80.3 Å². The Balaban J connectivity index is 1.36. The van der Waals surface area contributed by atoms with Gasteiger partial charge in [0.05, 0.1) is 18.0 Å². The Hall–Kier alpha value is -5.36. The molecule has 4 aromatic carbocycles. The van der Waals surface area contributed by atoms with Crippen molar-refractivity contribution in [2.75, 3.05) is 13.2 Å². The molecule has 2 N–H and O–H groups in total. The van der Waals surface area contributed by atoms with Gasteiger partial charge in [-0.3, -0.25) is 14.5 Å². The van der Waals surface area contributed by atoms with Gasteiger partial charge >= 0.3 is 6.09 Å². The minimum atomic E-state index is -4.25. The van der Waals surface area contributed by atoms with Gasteiger partial charge in [-0.2, -0.15) is 0 Å². The van der Waals surface area contributed by atoms with Crippen molar-refractivity contribution in [2.24, 2.45) is 0 Å². The Labute approximate surface area is 305 Å². The van der Waals surface area contributed by atoms with Crippen LogP contribution >= 0.6 is 0 Å². The van der Waals surface area contributed by atoms with Crippen molar-refractivity contribution >= 4 is 27.9 Å². The molecule has 4 aromatic rings. The number of rotatable bonds is 13. The van der Waals surface area contributed by atoms with Gasteiger partial charge in [0.15, 0.2) is 0 Å². The zero-order valence-electron chi connectivity index (χ0n) is 29.8. The quantitative estimate of drug-likeness (QED) is 0.168. The number of benzene rings is 4. The molecule has 0 bridgehead atoms. The van der Waals surface area contributed by atoms with E-state index in [0.29, 0.717) is 23.7 Å². The number of carbonyl (C=O) groups is 3. The van der Waals surface area contributed by atoms with Crippen LogP contribution in [0.2, 0.25) is 0 Å². The molecule has 1 aliphatic heterocycles. The lowest BCUT2D eigenvalue weighted by Crippen LogP contribution is -2.54. The summed E-state index contributed by atoms with van der Waals surface area (Å²) < 4.78 is 46.0. The van der Waals surface area contributed by atoms with Crippen LogP contribution < -0.4 is 19.5 Å². The molecule has 274 valence electrons. The number of hydrogen-bond donors (Lipinski definition) is 2. The van der Waals surface area contributed by atoms with E-state index in [1.807, 2.05) is 61.5 Å². The maximum atomic E-state index is 14.1. The molecular formula is C40H45N3O8S. The van der Waals surface area contributed by atoms with Crippen LogP contribution in [0.5, 0.6) is 11.5 Å². The number of ether oxygens (including phenoxy) is 3. The van der Waals surface area contributed by atoms with Gasteiger partial charge in [0.25, 0.3) is 15.9 Å². The summed E-state index contributed by atoms with van der Waals surface area (Å²) in [7, 11) is -4.25. The average Bonchev–Trinajstić information content (AvgIpc) is 3.55. The van der Waals surface area contributed by atoms with Crippen LogP contribution in [0, 0.1) is 0 Å². The van der Waals surface area contributed by atoms with Crippen LogP contribution in [0.25, 0.3) is 11.1 Å². The molecule has 0 spiro atoms. The Morgan fingerprint density at radius 1 is 0.827 bits per heavy atom. The van der Waals surface area contributed by atoms with Crippen molar-refractivity contribution in [3.05, 3.63) is 115 Å². The first-order valence-corrected chi connectivity index (χ1v) is 18.7. The lowest BCUT2D eigenvalue weighted by Gasteiger charge is -2.28. The summed E-state index contributed by atoms with van der Waals surface area (Å²) in [6.45, 7) is 7.76. The van der Waals surface area contributed by atoms with Crippen LogP contribution in [-0.2, 0) is 30.8 Å². The first kappa shape index (κ1) is 37.9. The fourth-order valence-corrected chi connectivity index (χ4v) is 6.76. The third kappa shape index (κ3) is 10.3. The highest BCUT2D eigenvalue weighted by atomic mass is 32.2. The number of sulfonamides is 1. The topological polar surface area (TPSA) is 140 Å². The molecule has 0 saturated carbocycles. The molecule has 3 atom stereocenters. The largest absolute Gasteiger partial charge is 0.494 e. The number of hydrogen-bond acceptors (Lipinski definition) is 8. The van der Waals surface area contributed by atoms with Gasteiger partial charge in [0.2, 0.25) is 5.91 Å². The van der Waals surface area contributed by atoms with Crippen LogP contribution in [0.15, 0.2) is 114 Å². The van der Waals surface area contributed by atoms with E-state index in [-0.39, 0.29) is 24.3 Å². The summed E-state index contributed by atoms with van der Waals surface area (Å²) >= 11 is 0. The molecule has 0 aliphatic carbocycles. The third-order valence-corrected chi connectivity index (χ3v) is 9.58. The second-order valence-corrected chi connectivity index (χ2v) is 15.2. The number of nitrogens with zero attached hydrogens (tertiary/aromatic N) is 1. The van der Waals surface area contributed by atoms with E-state index in [0.717, 1.165) is 17.5 Å². The standard InChI is InChI=1S/C40H45N3O8S/c1-5-24-49-31-20-16-28(17-21-31)25-35(37(44)42-52(47,48)34-14-10-7-11-15-34)41-38(45)36-26-33(27-43(36)39(46)51-40(2,3)4)50-32-22-18-30(19-23-32)29-12-8-6-9-13-29/h6-23,33,35-36H,5,24-27H2,1-4H3,(H,41,45)(H,42,44)/t33-,35-,36-/m0/s1. The molecule has 1 saturated heterocycles. The van der Waals surface area contributed by atoms with Crippen molar-refractivity contribution in [1.82, 2.24) is 14.9 Å². The Morgan fingerprint density at radius 2 is 1.42 bits per heavy atom. The number of nitrogens with one attached hydrogen (secondary N) is 2. The average molecular weight is 728 g/mol. The van der Waals surface area contributed by atoms with Crippen LogP contribution in [0.1, 0.15) is 46.1 Å². The fraction of sp³-hybridized carbons (Fsp3) is 0.325. The molecule has 11 nitrogen and oxygen atoms in total. The molecule has 3 amide bonds. The highest BCUT2D eigenvalue weighted by molar-refractivity contribution is 7.90. The van der Waals surface area contributed by atoms with E-state index in [2.05, 4.69) is 10.0 Å². The minimum Gasteiger partial charge on any atom is -0.494 e. The molecule has 0 radical (unpaired) electrons. The SMILES string of the molecule is CCCOc1ccc(C[C@H](NC(=O)[C@@H]2C[C@H](Oc3ccc(-c4ccccc4)cc3)CN2C(=O)OC(C)(C)C)C(=O)NS(=O)(=O)c2ccccc2)cc1. The zero-order valence-corrected chi connectivity index (χ0v) is 30.6. The smallest absolute Gasteiger partial charge is 0.411 e. The fourth-order valence-electron chi connectivity index (χ4n) is 5.72. The monoisotopic (exact) mass is 727 g/mol. The summed E-state index contributed by atoms with van der Waals surface area (Å²) in [4.78, 5) is 42.4. The van der Waals surface area contributed by atoms with Crippen molar-refractivity contribution in [3.8, 4) is 22.6 Å². The van der Waals surface area contributed by atoms with E-state index in [9.17, 15) is 22.8 Å². The number of amides is 3. The molecule has 52 heavy (non-hydrogen) atoms. The third-order valence-electron chi connectivity index (χ3n) is 8.22. The second kappa shape index (κ2) is 16.8. The summed E-state index contributed by atoms with van der Waals surface area (Å²) in [6, 6.07) is 29.5.